The Labute approximate surface area is 132 Å². The van der Waals surface area contributed by atoms with Crippen LogP contribution in [0.3, 0.4) is 0 Å². The summed E-state index contributed by atoms with van der Waals surface area (Å²) in [4.78, 5) is 0. The van der Waals surface area contributed by atoms with E-state index in [1.54, 1.807) is 18.2 Å². The molecule has 0 amide bonds. The molecule has 0 aliphatic carbocycles. The van der Waals surface area contributed by atoms with Crippen molar-refractivity contribution in [3.8, 4) is 23.0 Å². The highest BCUT2D eigenvalue weighted by Crippen LogP contribution is 2.49. The van der Waals surface area contributed by atoms with Crippen LogP contribution in [0, 0.1) is 3.57 Å². The van der Waals surface area contributed by atoms with E-state index in [1.807, 2.05) is 6.07 Å². The number of hydrogen-bond acceptors (Lipinski definition) is 2. The van der Waals surface area contributed by atoms with Gasteiger partial charge in [0.15, 0.2) is 23.0 Å². The van der Waals surface area contributed by atoms with Gasteiger partial charge in [-0.1, -0.05) is 34.8 Å². The summed E-state index contributed by atoms with van der Waals surface area (Å²) < 4.78 is 12.3. The molecule has 0 atom stereocenters. The van der Waals surface area contributed by atoms with Crippen molar-refractivity contribution in [2.45, 2.75) is 0 Å². The summed E-state index contributed by atoms with van der Waals surface area (Å²) in [5, 5.41) is 1.45. The van der Waals surface area contributed by atoms with Gasteiger partial charge in [-0.3, -0.25) is 0 Å². The quantitative estimate of drug-likeness (QED) is 0.413. The molecule has 0 radical (unpaired) electrons. The van der Waals surface area contributed by atoms with Crippen LogP contribution in [0.5, 0.6) is 23.0 Å². The van der Waals surface area contributed by atoms with Gasteiger partial charge in [-0.2, -0.15) is 0 Å². The second kappa shape index (κ2) is 4.63. The maximum atomic E-state index is 6.04. The minimum Gasteiger partial charge on any atom is -0.449 e. The van der Waals surface area contributed by atoms with E-state index in [1.165, 1.54) is 0 Å². The summed E-state index contributed by atoms with van der Waals surface area (Å²) in [5.74, 6) is 2.23. The van der Waals surface area contributed by atoms with Gasteiger partial charge in [0.1, 0.15) is 0 Å². The lowest BCUT2D eigenvalue weighted by molar-refractivity contribution is 0.359. The van der Waals surface area contributed by atoms with Crippen LogP contribution in [0.25, 0.3) is 0 Å². The summed E-state index contributed by atoms with van der Waals surface area (Å²) in [7, 11) is 0. The molecule has 3 rings (SSSR count). The summed E-state index contributed by atoms with van der Waals surface area (Å²) in [5.41, 5.74) is 0. The van der Waals surface area contributed by atoms with Crippen LogP contribution in [0.2, 0.25) is 15.1 Å². The Morgan fingerprint density at radius 1 is 0.667 bits per heavy atom. The van der Waals surface area contributed by atoms with Gasteiger partial charge in [0.2, 0.25) is 0 Å². The van der Waals surface area contributed by atoms with E-state index in [9.17, 15) is 0 Å². The van der Waals surface area contributed by atoms with Crippen molar-refractivity contribution in [2.75, 3.05) is 0 Å². The van der Waals surface area contributed by atoms with Crippen molar-refractivity contribution in [3.05, 3.63) is 42.9 Å². The van der Waals surface area contributed by atoms with Gasteiger partial charge in [-0.15, -0.1) is 0 Å². The number of benzene rings is 2. The molecule has 0 bridgehead atoms. The molecule has 6 heteroatoms. The first-order valence-corrected chi connectivity index (χ1v) is 7.09. The van der Waals surface area contributed by atoms with Gasteiger partial charge in [-0.25, -0.2) is 0 Å². The fourth-order valence-electron chi connectivity index (χ4n) is 1.58. The normalized spacial score (nSPS) is 12.2. The Kier molecular flexibility index (Phi) is 3.26. The van der Waals surface area contributed by atoms with E-state index in [4.69, 9.17) is 44.3 Å². The average molecular weight is 411 g/mol. The van der Waals surface area contributed by atoms with Crippen molar-refractivity contribution >= 4 is 57.4 Å². The van der Waals surface area contributed by atoms with Crippen LogP contribution < -0.4 is 9.47 Å². The molecule has 18 heavy (non-hydrogen) atoms. The highest BCUT2D eigenvalue weighted by atomic mass is 125. The van der Waals surface area contributed by atoms with Crippen molar-refractivity contribution in [3.63, 3.8) is 0 Å². The number of fused-ring (bicyclic) bond motifs is 2. The van der Waals surface area contributed by atoms with Gasteiger partial charge in [0, 0.05) is 21.8 Å². The molecule has 2 aromatic rings. The van der Waals surface area contributed by atoms with Gasteiger partial charge < -0.3 is 9.47 Å². The number of ether oxygens (including phenoxy) is 2. The topological polar surface area (TPSA) is 18.5 Å². The smallest absolute Gasteiger partial charge is 0.171 e. The van der Waals surface area contributed by atoms with E-state index >= 15 is 0 Å². The van der Waals surface area contributed by atoms with E-state index in [0.717, 1.165) is 3.57 Å². The van der Waals surface area contributed by atoms with Crippen LogP contribution >= 0.6 is 57.4 Å². The van der Waals surface area contributed by atoms with Gasteiger partial charge in [0.25, 0.3) is 0 Å². The lowest BCUT2D eigenvalue weighted by Crippen LogP contribution is -1.99. The van der Waals surface area contributed by atoms with Crippen LogP contribution in [-0.4, -0.2) is 0 Å². The molecule has 0 unspecified atom stereocenters. The van der Waals surface area contributed by atoms with E-state index in [0.29, 0.717) is 38.1 Å². The minimum absolute atomic E-state index is 0.416. The fraction of sp³-hybridized carbons (Fsp3) is 0. The largest absolute Gasteiger partial charge is 0.449 e. The molecular weight excluding hydrogens is 407 g/mol. The van der Waals surface area contributed by atoms with Crippen LogP contribution in [-0.2, 0) is 0 Å². The third-order valence-electron chi connectivity index (χ3n) is 2.41. The molecule has 0 N–H and O–H groups in total. The van der Waals surface area contributed by atoms with E-state index in [-0.39, 0.29) is 0 Å². The predicted molar refractivity (Wildman–Crippen MR) is 80.8 cm³/mol. The Morgan fingerprint density at radius 3 is 1.56 bits per heavy atom. The molecular formula is C12H4Cl3IO2. The van der Waals surface area contributed by atoms with Crippen LogP contribution in [0.4, 0.5) is 0 Å². The molecule has 1 heterocycles. The highest BCUT2D eigenvalue weighted by Gasteiger charge is 2.21. The molecule has 0 saturated heterocycles. The molecule has 2 nitrogen and oxygen atoms in total. The molecule has 0 saturated carbocycles. The summed E-state index contributed by atoms with van der Waals surface area (Å²) in [6, 6.07) is 6.77. The maximum absolute atomic E-state index is 6.04. The van der Waals surface area contributed by atoms with Gasteiger partial charge in [-0.05, 0) is 28.7 Å². The Morgan fingerprint density at radius 2 is 1.06 bits per heavy atom. The summed E-state index contributed by atoms with van der Waals surface area (Å²) >= 11 is 20.0. The third-order valence-corrected chi connectivity index (χ3v) is 4.66. The van der Waals surface area contributed by atoms with Crippen molar-refractivity contribution in [1.82, 2.24) is 0 Å². The zero-order valence-corrected chi connectivity index (χ0v) is 13.1. The zero-order chi connectivity index (χ0) is 12.9. The first-order chi connectivity index (χ1) is 8.54. The van der Waals surface area contributed by atoms with E-state index < -0.39 is 0 Å². The van der Waals surface area contributed by atoms with Crippen LogP contribution in [0.1, 0.15) is 0 Å². The summed E-state index contributed by atoms with van der Waals surface area (Å²) in [6.07, 6.45) is 0. The van der Waals surface area contributed by atoms with Crippen molar-refractivity contribution in [2.24, 2.45) is 0 Å². The monoisotopic (exact) mass is 410 g/mol. The summed E-state index contributed by atoms with van der Waals surface area (Å²) in [6.45, 7) is 0. The average Bonchev–Trinajstić information content (AvgIpc) is 2.31. The first-order valence-electron chi connectivity index (χ1n) is 4.88. The first kappa shape index (κ1) is 12.7. The molecule has 0 fully saturated rings. The second-order valence-electron chi connectivity index (χ2n) is 3.63. The molecule has 1 aliphatic rings. The van der Waals surface area contributed by atoms with Crippen molar-refractivity contribution < 1.29 is 9.47 Å². The predicted octanol–water partition coefficient (Wildman–Crippen LogP) is 6.15. The fourth-order valence-corrected chi connectivity index (χ4v) is 2.48. The SMILES string of the molecule is Clc1cc2c(cc1Cl)Oc1cc([125I])c(Cl)cc1O2. The third kappa shape index (κ3) is 2.13. The van der Waals surface area contributed by atoms with Gasteiger partial charge in [0.05, 0.1) is 15.1 Å². The number of rotatable bonds is 0. The van der Waals surface area contributed by atoms with Gasteiger partial charge >= 0.3 is 0 Å². The number of hydrogen-bond donors (Lipinski definition) is 0. The molecule has 1 aliphatic heterocycles. The van der Waals surface area contributed by atoms with Crippen LogP contribution in [0.15, 0.2) is 24.3 Å². The molecule has 92 valence electrons. The molecule has 0 spiro atoms. The second-order valence-corrected chi connectivity index (χ2v) is 6.01. The number of halogens is 4. The standard InChI is InChI=1S/C12H4Cl3IO2/c13-5-1-9-10(2-6(5)14)18-12-4-8(16)7(15)3-11(12)17-9/h1-4H/i16-2. The lowest BCUT2D eigenvalue weighted by Gasteiger charge is -2.21. The molecule has 0 aromatic heterocycles. The lowest BCUT2D eigenvalue weighted by atomic mass is 10.2. The highest BCUT2D eigenvalue weighted by molar-refractivity contribution is 14.1. The Bertz CT molecular complexity index is 547. The van der Waals surface area contributed by atoms with Crippen molar-refractivity contribution in [1.29, 1.82) is 0 Å². The Balaban J connectivity index is 2.12. The van der Waals surface area contributed by atoms with E-state index in [2.05, 4.69) is 22.6 Å². The molecule has 2 aromatic carbocycles. The minimum atomic E-state index is 0.416. The maximum Gasteiger partial charge on any atom is 0.171 e. The Hall–Kier alpha value is -0.360. The zero-order valence-electron chi connectivity index (χ0n) is 8.64.